The fourth-order valence-corrected chi connectivity index (χ4v) is 3.56. The maximum absolute atomic E-state index is 12.5. The Hall–Kier alpha value is -3.42. The summed E-state index contributed by atoms with van der Waals surface area (Å²) >= 11 is 0. The summed E-state index contributed by atoms with van der Waals surface area (Å²) in [4.78, 5) is 30.7. The minimum absolute atomic E-state index is 0.124. The second-order valence-electron chi connectivity index (χ2n) is 7.16. The fraction of sp³-hybridized carbons (Fsp3) is 0.333. The van der Waals surface area contributed by atoms with E-state index in [1.807, 2.05) is 17.0 Å². The number of pyridine rings is 1. The Bertz CT molecular complexity index is 944. The highest BCUT2D eigenvalue weighted by Crippen LogP contribution is 2.27. The predicted molar refractivity (Wildman–Crippen MR) is 105 cm³/mol. The lowest BCUT2D eigenvalue weighted by Crippen LogP contribution is -2.38. The lowest BCUT2D eigenvalue weighted by atomic mass is 9.93. The SMILES string of the molecule is O=C(NCc1ccco1)c1cc(C2CCN(C(=O)Cc3cccnc3)CC2)[nH]n1. The number of carbonyl (C=O) groups is 2. The van der Waals surface area contributed by atoms with Crippen LogP contribution in [0.15, 0.2) is 53.4 Å². The monoisotopic (exact) mass is 393 g/mol. The largest absolute Gasteiger partial charge is 0.467 e. The van der Waals surface area contributed by atoms with Crippen LogP contribution in [0.4, 0.5) is 0 Å². The third kappa shape index (κ3) is 4.71. The van der Waals surface area contributed by atoms with Crippen LogP contribution >= 0.6 is 0 Å². The molecule has 1 aliphatic rings. The van der Waals surface area contributed by atoms with E-state index in [1.165, 1.54) is 0 Å². The molecule has 4 rings (SSSR count). The molecule has 4 heterocycles. The highest BCUT2D eigenvalue weighted by molar-refractivity contribution is 5.92. The molecule has 0 atom stereocenters. The standard InChI is InChI=1S/C21H23N5O3/c27-20(11-15-3-1-7-22-13-15)26-8-5-16(6-9-26)18-12-19(25-24-18)21(28)23-14-17-4-2-10-29-17/h1-4,7,10,12-13,16H,5-6,8-9,11,14H2,(H,23,28)(H,24,25). The molecule has 0 saturated carbocycles. The quantitative estimate of drug-likeness (QED) is 0.669. The first kappa shape index (κ1) is 18.9. The van der Waals surface area contributed by atoms with Crippen LogP contribution in [0.3, 0.4) is 0 Å². The van der Waals surface area contributed by atoms with Gasteiger partial charge in [0.2, 0.25) is 5.91 Å². The molecule has 0 unspecified atom stereocenters. The number of aromatic nitrogens is 3. The molecule has 0 radical (unpaired) electrons. The Morgan fingerprint density at radius 1 is 1.24 bits per heavy atom. The summed E-state index contributed by atoms with van der Waals surface area (Å²) in [5, 5.41) is 9.92. The number of hydrogen-bond acceptors (Lipinski definition) is 5. The van der Waals surface area contributed by atoms with E-state index in [-0.39, 0.29) is 17.7 Å². The number of carbonyl (C=O) groups excluding carboxylic acids is 2. The molecule has 1 aliphatic heterocycles. The van der Waals surface area contributed by atoms with E-state index in [1.54, 1.807) is 36.9 Å². The average Bonchev–Trinajstić information content (AvgIpc) is 3.45. The Kier molecular flexibility index (Phi) is 5.69. The van der Waals surface area contributed by atoms with Gasteiger partial charge in [0.05, 0.1) is 19.2 Å². The van der Waals surface area contributed by atoms with Crippen LogP contribution < -0.4 is 5.32 Å². The molecule has 3 aromatic heterocycles. The molecule has 2 amide bonds. The number of furan rings is 1. The van der Waals surface area contributed by atoms with Gasteiger partial charge in [-0.15, -0.1) is 0 Å². The maximum Gasteiger partial charge on any atom is 0.272 e. The molecule has 0 bridgehead atoms. The van der Waals surface area contributed by atoms with Gasteiger partial charge in [-0.25, -0.2) is 0 Å². The summed E-state index contributed by atoms with van der Waals surface area (Å²) in [6.07, 6.45) is 7.07. The normalized spacial score (nSPS) is 14.7. The second-order valence-corrected chi connectivity index (χ2v) is 7.16. The van der Waals surface area contributed by atoms with Crippen LogP contribution in [0, 0.1) is 0 Å². The van der Waals surface area contributed by atoms with Gasteiger partial charge >= 0.3 is 0 Å². The Labute approximate surface area is 168 Å². The van der Waals surface area contributed by atoms with Crippen molar-refractivity contribution in [3.63, 3.8) is 0 Å². The molecule has 150 valence electrons. The van der Waals surface area contributed by atoms with Crippen molar-refractivity contribution in [1.82, 2.24) is 25.4 Å². The molecule has 3 aromatic rings. The topological polar surface area (TPSA) is 104 Å². The minimum atomic E-state index is -0.243. The summed E-state index contributed by atoms with van der Waals surface area (Å²) < 4.78 is 5.21. The van der Waals surface area contributed by atoms with Crippen molar-refractivity contribution in [3.05, 3.63) is 71.7 Å². The van der Waals surface area contributed by atoms with E-state index in [0.717, 1.165) is 24.1 Å². The zero-order valence-electron chi connectivity index (χ0n) is 16.0. The van der Waals surface area contributed by atoms with Crippen LogP contribution in [0.2, 0.25) is 0 Å². The highest BCUT2D eigenvalue weighted by Gasteiger charge is 2.25. The van der Waals surface area contributed by atoms with Gasteiger partial charge in [0.25, 0.3) is 5.91 Å². The van der Waals surface area contributed by atoms with Gasteiger partial charge in [0.1, 0.15) is 11.5 Å². The van der Waals surface area contributed by atoms with Crippen molar-refractivity contribution < 1.29 is 14.0 Å². The average molecular weight is 393 g/mol. The maximum atomic E-state index is 12.5. The van der Waals surface area contributed by atoms with Crippen molar-refractivity contribution in [2.75, 3.05) is 13.1 Å². The van der Waals surface area contributed by atoms with Crippen LogP contribution in [0.5, 0.6) is 0 Å². The number of nitrogens with zero attached hydrogens (tertiary/aromatic N) is 3. The smallest absolute Gasteiger partial charge is 0.272 e. The zero-order chi connectivity index (χ0) is 20.1. The number of rotatable bonds is 6. The molecular formula is C21H23N5O3. The van der Waals surface area contributed by atoms with Crippen LogP contribution in [-0.4, -0.2) is 45.0 Å². The van der Waals surface area contributed by atoms with Crippen molar-refractivity contribution in [1.29, 1.82) is 0 Å². The Morgan fingerprint density at radius 2 is 2.10 bits per heavy atom. The van der Waals surface area contributed by atoms with Crippen LogP contribution in [-0.2, 0) is 17.8 Å². The predicted octanol–water partition coefficient (Wildman–Crippen LogP) is 2.28. The van der Waals surface area contributed by atoms with Gasteiger partial charge < -0.3 is 14.6 Å². The summed E-state index contributed by atoms with van der Waals surface area (Å²) in [6.45, 7) is 1.72. The molecule has 29 heavy (non-hydrogen) atoms. The first-order valence-corrected chi connectivity index (χ1v) is 9.71. The van der Waals surface area contributed by atoms with Gasteiger partial charge in [-0.3, -0.25) is 19.7 Å². The number of amides is 2. The Balaban J connectivity index is 1.27. The summed E-state index contributed by atoms with van der Waals surface area (Å²) in [5.74, 6) is 0.834. The number of hydrogen-bond donors (Lipinski definition) is 2. The number of likely N-dealkylation sites (tertiary alicyclic amines) is 1. The first-order chi connectivity index (χ1) is 14.2. The van der Waals surface area contributed by atoms with Crippen molar-refractivity contribution in [3.8, 4) is 0 Å². The molecule has 2 N–H and O–H groups in total. The van der Waals surface area contributed by atoms with Crippen LogP contribution in [0.25, 0.3) is 0 Å². The van der Waals surface area contributed by atoms with Gasteiger partial charge in [-0.05, 0) is 42.7 Å². The molecular weight excluding hydrogens is 370 g/mol. The van der Waals surface area contributed by atoms with Gasteiger partial charge in [0.15, 0.2) is 0 Å². The lowest BCUT2D eigenvalue weighted by molar-refractivity contribution is -0.131. The van der Waals surface area contributed by atoms with Crippen molar-refractivity contribution in [2.45, 2.75) is 31.7 Å². The molecule has 0 spiro atoms. The minimum Gasteiger partial charge on any atom is -0.467 e. The highest BCUT2D eigenvalue weighted by atomic mass is 16.3. The third-order valence-electron chi connectivity index (χ3n) is 5.20. The molecule has 0 aliphatic carbocycles. The van der Waals surface area contributed by atoms with Crippen molar-refractivity contribution in [2.24, 2.45) is 0 Å². The number of aromatic amines is 1. The lowest BCUT2D eigenvalue weighted by Gasteiger charge is -2.31. The summed E-state index contributed by atoms with van der Waals surface area (Å²) in [7, 11) is 0. The summed E-state index contributed by atoms with van der Waals surface area (Å²) in [6, 6.07) is 9.15. The Morgan fingerprint density at radius 3 is 2.83 bits per heavy atom. The van der Waals surface area contributed by atoms with Gasteiger partial charge in [0, 0.05) is 37.1 Å². The molecule has 1 fully saturated rings. The van der Waals surface area contributed by atoms with E-state index in [0.29, 0.717) is 37.5 Å². The van der Waals surface area contributed by atoms with Gasteiger partial charge in [-0.2, -0.15) is 5.10 Å². The van der Waals surface area contributed by atoms with E-state index in [4.69, 9.17) is 4.42 Å². The van der Waals surface area contributed by atoms with E-state index in [9.17, 15) is 9.59 Å². The first-order valence-electron chi connectivity index (χ1n) is 9.71. The number of H-pyrrole nitrogens is 1. The van der Waals surface area contributed by atoms with E-state index >= 15 is 0 Å². The van der Waals surface area contributed by atoms with E-state index in [2.05, 4.69) is 20.5 Å². The second kappa shape index (κ2) is 8.72. The third-order valence-corrected chi connectivity index (χ3v) is 5.20. The molecule has 8 heteroatoms. The molecule has 8 nitrogen and oxygen atoms in total. The van der Waals surface area contributed by atoms with E-state index < -0.39 is 0 Å². The molecule has 1 saturated heterocycles. The summed E-state index contributed by atoms with van der Waals surface area (Å²) in [5.41, 5.74) is 2.23. The number of nitrogens with one attached hydrogen (secondary N) is 2. The van der Waals surface area contributed by atoms with Crippen LogP contribution in [0.1, 0.15) is 46.3 Å². The number of piperidine rings is 1. The van der Waals surface area contributed by atoms with Gasteiger partial charge in [-0.1, -0.05) is 6.07 Å². The van der Waals surface area contributed by atoms with Crippen molar-refractivity contribution >= 4 is 11.8 Å². The fourth-order valence-electron chi connectivity index (χ4n) is 3.56. The molecule has 0 aromatic carbocycles. The zero-order valence-corrected chi connectivity index (χ0v) is 16.0.